The van der Waals surface area contributed by atoms with Gasteiger partial charge in [0, 0.05) is 12.5 Å². The summed E-state index contributed by atoms with van der Waals surface area (Å²) in [5.41, 5.74) is 3.93. The van der Waals surface area contributed by atoms with Crippen molar-refractivity contribution >= 4 is 25.3 Å². The van der Waals surface area contributed by atoms with Gasteiger partial charge >= 0.3 is 19.2 Å². The third kappa shape index (κ3) is 4.87. The van der Waals surface area contributed by atoms with Crippen LogP contribution in [0, 0.1) is 0 Å². The van der Waals surface area contributed by atoms with Gasteiger partial charge < -0.3 is 28.9 Å². The van der Waals surface area contributed by atoms with Gasteiger partial charge in [0.25, 0.3) is 0 Å². The monoisotopic (exact) mass is 515 g/mol. The van der Waals surface area contributed by atoms with Gasteiger partial charge in [-0.15, -0.1) is 0 Å². The van der Waals surface area contributed by atoms with E-state index in [-0.39, 0.29) is 24.8 Å². The number of aromatic carboxylic acids is 1. The van der Waals surface area contributed by atoms with Gasteiger partial charge in [0.2, 0.25) is 5.76 Å². The van der Waals surface area contributed by atoms with Gasteiger partial charge in [0.1, 0.15) is 12.4 Å². The molecule has 1 aliphatic heterocycles. The molecule has 0 bridgehead atoms. The number of fused-ring (bicyclic) bond motifs is 3. The molecule has 1 aromatic heterocycles. The van der Waals surface area contributed by atoms with Crippen molar-refractivity contribution in [3.63, 3.8) is 0 Å². The van der Waals surface area contributed by atoms with Crippen LogP contribution in [0.4, 0.5) is 4.79 Å². The third-order valence-corrected chi connectivity index (χ3v) is 7.50. The molecule has 1 saturated heterocycles. The quantitative estimate of drug-likeness (QED) is 0.399. The van der Waals surface area contributed by atoms with Crippen molar-refractivity contribution in [2.75, 3.05) is 13.2 Å². The Hall–Kier alpha value is -3.82. The summed E-state index contributed by atoms with van der Waals surface area (Å²) in [5, 5.41) is 12.0. The van der Waals surface area contributed by atoms with Crippen molar-refractivity contribution in [1.82, 2.24) is 5.32 Å². The zero-order valence-corrected chi connectivity index (χ0v) is 21.8. The fraction of sp³-hybridized carbons (Fsp3) is 0.310. The number of furan rings is 1. The molecule has 9 heteroatoms. The van der Waals surface area contributed by atoms with Gasteiger partial charge in [0.15, 0.2) is 0 Å². The van der Waals surface area contributed by atoms with E-state index >= 15 is 0 Å². The summed E-state index contributed by atoms with van der Waals surface area (Å²) in [4.78, 5) is 24.0. The van der Waals surface area contributed by atoms with Crippen LogP contribution in [0.1, 0.15) is 61.1 Å². The lowest BCUT2D eigenvalue weighted by molar-refractivity contribution is 0.00578. The average Bonchev–Trinajstić information content (AvgIpc) is 3.53. The van der Waals surface area contributed by atoms with E-state index in [9.17, 15) is 14.7 Å². The summed E-state index contributed by atoms with van der Waals surface area (Å²) < 4.78 is 23.4. The SMILES string of the molecule is CC1(C)OB(C(=Cc2ccc(C(=O)O)o2)CNC(=O)OCC2c3ccccc3-c3ccccc32)OC1(C)C. The lowest BCUT2D eigenvalue weighted by atomic mass is 9.77. The highest BCUT2D eigenvalue weighted by Gasteiger charge is 2.52. The molecule has 1 aliphatic carbocycles. The Balaban J connectivity index is 1.29. The van der Waals surface area contributed by atoms with Gasteiger partial charge in [-0.1, -0.05) is 48.5 Å². The van der Waals surface area contributed by atoms with Gasteiger partial charge in [-0.2, -0.15) is 0 Å². The van der Waals surface area contributed by atoms with Crippen LogP contribution in [0.2, 0.25) is 0 Å². The number of nitrogens with one attached hydrogen (secondary N) is 1. The molecule has 3 aromatic rings. The maximum Gasteiger partial charge on any atom is 0.492 e. The zero-order valence-electron chi connectivity index (χ0n) is 21.8. The highest BCUT2D eigenvalue weighted by molar-refractivity contribution is 6.56. The van der Waals surface area contributed by atoms with E-state index in [4.69, 9.17) is 18.5 Å². The first-order valence-electron chi connectivity index (χ1n) is 12.5. The summed E-state index contributed by atoms with van der Waals surface area (Å²) in [6, 6.07) is 19.2. The normalized spacial score (nSPS) is 17.7. The summed E-state index contributed by atoms with van der Waals surface area (Å²) in [5.74, 6) is -1.10. The van der Waals surface area contributed by atoms with Crippen molar-refractivity contribution in [1.29, 1.82) is 0 Å². The van der Waals surface area contributed by atoms with Crippen LogP contribution in [0.3, 0.4) is 0 Å². The molecule has 0 saturated carbocycles. The number of rotatable bonds is 7. The highest BCUT2D eigenvalue weighted by Crippen LogP contribution is 2.44. The Bertz CT molecular complexity index is 1350. The maximum atomic E-state index is 12.8. The molecule has 8 nitrogen and oxygen atoms in total. The molecule has 0 unspecified atom stereocenters. The largest absolute Gasteiger partial charge is 0.492 e. The highest BCUT2D eigenvalue weighted by atomic mass is 16.7. The number of amides is 1. The molecular formula is C29H30BNO7. The van der Waals surface area contributed by atoms with Crippen molar-refractivity contribution in [2.24, 2.45) is 0 Å². The first kappa shape index (κ1) is 25.8. The number of ether oxygens (including phenoxy) is 1. The molecule has 0 radical (unpaired) electrons. The molecular weight excluding hydrogens is 485 g/mol. The van der Waals surface area contributed by atoms with Crippen LogP contribution >= 0.6 is 0 Å². The molecule has 2 aromatic carbocycles. The van der Waals surface area contributed by atoms with E-state index in [0.29, 0.717) is 11.2 Å². The Morgan fingerprint density at radius 3 is 2.08 bits per heavy atom. The lowest BCUT2D eigenvalue weighted by Crippen LogP contribution is -2.41. The molecule has 5 rings (SSSR count). The summed E-state index contributed by atoms with van der Waals surface area (Å²) >= 11 is 0. The fourth-order valence-electron chi connectivity index (χ4n) is 4.75. The second-order valence-corrected chi connectivity index (χ2v) is 10.5. The average molecular weight is 515 g/mol. The predicted octanol–water partition coefficient (Wildman–Crippen LogP) is 5.53. The van der Waals surface area contributed by atoms with Crippen molar-refractivity contribution in [3.8, 4) is 11.1 Å². The minimum Gasteiger partial charge on any atom is -0.475 e. The number of hydrogen-bond donors (Lipinski definition) is 2. The lowest BCUT2D eigenvalue weighted by Gasteiger charge is -2.32. The van der Waals surface area contributed by atoms with Gasteiger partial charge in [-0.25, -0.2) is 9.59 Å². The van der Waals surface area contributed by atoms with Gasteiger partial charge in [-0.05, 0) is 73.6 Å². The number of carbonyl (C=O) groups excluding carboxylic acids is 1. The Morgan fingerprint density at radius 2 is 1.53 bits per heavy atom. The van der Waals surface area contributed by atoms with Crippen LogP contribution in [-0.4, -0.2) is 48.6 Å². The van der Waals surface area contributed by atoms with E-state index in [1.807, 2.05) is 52.0 Å². The molecule has 1 amide bonds. The minimum atomic E-state index is -1.17. The van der Waals surface area contributed by atoms with E-state index < -0.39 is 30.4 Å². The summed E-state index contributed by atoms with van der Waals surface area (Å²) in [7, 11) is -0.771. The van der Waals surface area contributed by atoms with Crippen molar-refractivity contribution < 1.29 is 33.2 Å². The Labute approximate surface area is 221 Å². The number of benzene rings is 2. The van der Waals surface area contributed by atoms with E-state index in [1.54, 1.807) is 12.1 Å². The van der Waals surface area contributed by atoms with Crippen LogP contribution in [0.5, 0.6) is 0 Å². The number of carboxylic acids is 1. The van der Waals surface area contributed by atoms with E-state index in [2.05, 4.69) is 29.6 Å². The van der Waals surface area contributed by atoms with E-state index in [0.717, 1.165) is 22.3 Å². The summed E-state index contributed by atoms with van der Waals surface area (Å²) in [6.07, 6.45) is 1.04. The third-order valence-electron chi connectivity index (χ3n) is 7.50. The minimum absolute atomic E-state index is 0.0520. The van der Waals surface area contributed by atoms with Gasteiger partial charge in [-0.3, -0.25) is 0 Å². The van der Waals surface area contributed by atoms with Gasteiger partial charge in [0.05, 0.1) is 11.2 Å². The van der Waals surface area contributed by atoms with Crippen molar-refractivity contribution in [2.45, 2.75) is 44.8 Å². The second kappa shape index (κ2) is 9.81. The van der Waals surface area contributed by atoms with Crippen LogP contribution in [0.15, 0.2) is 70.6 Å². The molecule has 2 heterocycles. The first-order valence-corrected chi connectivity index (χ1v) is 12.5. The zero-order chi connectivity index (χ0) is 27.1. The topological polar surface area (TPSA) is 107 Å². The van der Waals surface area contributed by atoms with Crippen LogP contribution in [0.25, 0.3) is 17.2 Å². The maximum absolute atomic E-state index is 12.8. The number of carbonyl (C=O) groups is 2. The molecule has 2 N–H and O–H groups in total. The van der Waals surface area contributed by atoms with Crippen LogP contribution in [-0.2, 0) is 14.0 Å². The van der Waals surface area contributed by atoms with Crippen molar-refractivity contribution in [3.05, 3.63) is 88.8 Å². The molecule has 38 heavy (non-hydrogen) atoms. The number of alkyl carbamates (subject to hydrolysis) is 1. The van der Waals surface area contributed by atoms with Crippen LogP contribution < -0.4 is 5.32 Å². The number of hydrogen-bond acceptors (Lipinski definition) is 6. The first-order chi connectivity index (χ1) is 18.1. The second-order valence-electron chi connectivity index (χ2n) is 10.5. The molecule has 0 atom stereocenters. The molecule has 2 aliphatic rings. The Morgan fingerprint density at radius 1 is 0.947 bits per heavy atom. The Kier molecular flexibility index (Phi) is 6.67. The summed E-state index contributed by atoms with van der Waals surface area (Å²) in [6.45, 7) is 7.96. The molecule has 196 valence electrons. The fourth-order valence-corrected chi connectivity index (χ4v) is 4.75. The van der Waals surface area contributed by atoms with E-state index in [1.165, 1.54) is 6.07 Å². The number of carboxylic acid groups (broad SMARTS) is 1. The molecule has 0 spiro atoms. The predicted molar refractivity (Wildman–Crippen MR) is 143 cm³/mol. The molecule has 1 fully saturated rings. The smallest absolute Gasteiger partial charge is 0.475 e. The standard InChI is InChI=1S/C29H30BNO7/c1-28(2)29(3,4)38-30(37-28)18(15-19-13-14-25(36-19)26(32)33)16-31-27(34)35-17-24-22-11-7-5-9-20(22)21-10-6-8-12-23(21)24/h5-15,24H,16-17H2,1-4H3,(H,31,34)(H,32,33).